The fourth-order valence-corrected chi connectivity index (χ4v) is 1.56. The molecule has 1 unspecified atom stereocenters. The average Bonchev–Trinajstić information content (AvgIpc) is 2.16. The average molecular weight is 199 g/mol. The Morgan fingerprint density at radius 2 is 2.25 bits per heavy atom. The van der Waals surface area contributed by atoms with E-state index in [4.69, 9.17) is 16.9 Å². The van der Waals surface area contributed by atoms with E-state index in [0.717, 1.165) is 4.90 Å². The number of rotatable bonds is 3. The Kier molecular flexibility index (Phi) is 3.92. The van der Waals surface area contributed by atoms with Crippen LogP contribution >= 0.6 is 23.4 Å². The van der Waals surface area contributed by atoms with E-state index in [9.17, 15) is 0 Å². The summed E-state index contributed by atoms with van der Waals surface area (Å²) in [5.41, 5.74) is 0. The Bertz CT molecular complexity index is 270. The molecule has 0 aliphatic heterocycles. The minimum absolute atomic E-state index is 0.414. The number of aromatic nitrogens is 1. The first-order valence-corrected chi connectivity index (χ1v) is 4.81. The smallest absolute Gasteiger partial charge is 0.129 e. The van der Waals surface area contributed by atoms with Crippen molar-refractivity contribution in [2.75, 3.05) is 5.75 Å². The van der Waals surface area contributed by atoms with Gasteiger partial charge in [-0.2, -0.15) is 5.26 Å². The van der Waals surface area contributed by atoms with Crippen molar-refractivity contribution in [3.8, 4) is 6.07 Å². The Morgan fingerprint density at radius 1 is 1.58 bits per heavy atom. The highest BCUT2D eigenvalue weighted by Crippen LogP contribution is 2.18. The van der Waals surface area contributed by atoms with Gasteiger partial charge in [0.05, 0.1) is 6.07 Å². The highest BCUT2D eigenvalue weighted by atomic mass is 35.5. The summed E-state index contributed by atoms with van der Waals surface area (Å²) < 4.78 is 0. The summed E-state index contributed by atoms with van der Waals surface area (Å²) in [5.74, 6) is 0.613. The quantitative estimate of drug-likeness (QED) is 0.553. The number of alkyl halides is 1. The second-order valence-electron chi connectivity index (χ2n) is 2.09. The molecule has 0 aliphatic rings. The molecule has 1 atom stereocenters. The molecule has 62 valence electrons. The maximum atomic E-state index is 8.41. The lowest BCUT2D eigenvalue weighted by atomic mass is 10.5. The number of hydrogen-bond acceptors (Lipinski definition) is 3. The van der Waals surface area contributed by atoms with Gasteiger partial charge in [-0.3, -0.25) is 4.98 Å². The van der Waals surface area contributed by atoms with Crippen LogP contribution in [0.15, 0.2) is 29.4 Å². The SMILES string of the molecule is N#CC(Cl)CSc1ccncc1. The van der Waals surface area contributed by atoms with Gasteiger partial charge in [0.1, 0.15) is 5.38 Å². The molecule has 1 rings (SSSR count). The number of nitriles is 1. The number of hydrogen-bond donors (Lipinski definition) is 0. The summed E-state index contributed by atoms with van der Waals surface area (Å²) in [6, 6.07) is 5.75. The zero-order chi connectivity index (χ0) is 8.81. The lowest BCUT2D eigenvalue weighted by Crippen LogP contribution is -1.96. The van der Waals surface area contributed by atoms with Crippen LogP contribution in [-0.4, -0.2) is 16.1 Å². The monoisotopic (exact) mass is 198 g/mol. The Balaban J connectivity index is 2.40. The largest absolute Gasteiger partial charge is 0.265 e. The third-order valence-electron chi connectivity index (χ3n) is 1.19. The number of nitrogens with zero attached hydrogens (tertiary/aromatic N) is 2. The minimum Gasteiger partial charge on any atom is -0.265 e. The molecule has 4 heteroatoms. The van der Waals surface area contributed by atoms with Crippen molar-refractivity contribution in [1.29, 1.82) is 5.26 Å². The zero-order valence-electron chi connectivity index (χ0n) is 6.27. The van der Waals surface area contributed by atoms with Crippen LogP contribution in [0.2, 0.25) is 0 Å². The highest BCUT2D eigenvalue weighted by Gasteiger charge is 2.01. The molecule has 1 aromatic heterocycles. The maximum absolute atomic E-state index is 8.41. The molecule has 1 aromatic rings. The van der Waals surface area contributed by atoms with Crippen molar-refractivity contribution in [1.82, 2.24) is 4.98 Å². The van der Waals surface area contributed by atoms with Gasteiger partial charge in [-0.05, 0) is 12.1 Å². The molecule has 12 heavy (non-hydrogen) atoms. The molecule has 0 aromatic carbocycles. The van der Waals surface area contributed by atoms with E-state index < -0.39 is 5.38 Å². The standard InChI is InChI=1S/C8H7ClN2S/c9-7(5-10)6-12-8-1-3-11-4-2-8/h1-4,7H,6H2. The van der Waals surface area contributed by atoms with Gasteiger partial charge in [0.2, 0.25) is 0 Å². The molecule has 0 bridgehead atoms. The van der Waals surface area contributed by atoms with Crippen molar-refractivity contribution < 1.29 is 0 Å². The van der Waals surface area contributed by atoms with Gasteiger partial charge in [0, 0.05) is 23.0 Å². The lowest BCUT2D eigenvalue weighted by Gasteiger charge is -1.99. The summed E-state index contributed by atoms with van der Waals surface area (Å²) in [6.07, 6.45) is 3.44. The van der Waals surface area contributed by atoms with Crippen LogP contribution < -0.4 is 0 Å². The van der Waals surface area contributed by atoms with Crippen molar-refractivity contribution in [3.63, 3.8) is 0 Å². The predicted octanol–water partition coefficient (Wildman–Crippen LogP) is 2.30. The summed E-state index contributed by atoms with van der Waals surface area (Å²) in [5, 5.41) is 7.99. The van der Waals surface area contributed by atoms with Gasteiger partial charge in [-0.25, -0.2) is 0 Å². The van der Waals surface area contributed by atoms with E-state index in [0.29, 0.717) is 5.75 Å². The van der Waals surface area contributed by atoms with Crippen LogP contribution in [0.3, 0.4) is 0 Å². The lowest BCUT2D eigenvalue weighted by molar-refractivity contribution is 1.22. The fraction of sp³-hybridized carbons (Fsp3) is 0.250. The normalized spacial score (nSPS) is 12.0. The summed E-state index contributed by atoms with van der Waals surface area (Å²) in [6.45, 7) is 0. The molecule has 0 radical (unpaired) electrons. The van der Waals surface area contributed by atoms with Crippen LogP contribution in [0.1, 0.15) is 0 Å². The van der Waals surface area contributed by atoms with Gasteiger partial charge < -0.3 is 0 Å². The van der Waals surface area contributed by atoms with Crippen LogP contribution in [0.4, 0.5) is 0 Å². The molecule has 0 N–H and O–H groups in total. The molecule has 1 heterocycles. The third kappa shape index (κ3) is 3.12. The van der Waals surface area contributed by atoms with E-state index in [1.54, 1.807) is 24.2 Å². The second kappa shape index (κ2) is 5.02. The van der Waals surface area contributed by atoms with Gasteiger partial charge in [-0.15, -0.1) is 23.4 Å². The molecule has 0 aliphatic carbocycles. The number of pyridine rings is 1. The van der Waals surface area contributed by atoms with E-state index in [2.05, 4.69) is 4.98 Å². The first-order valence-electron chi connectivity index (χ1n) is 3.39. The van der Waals surface area contributed by atoms with Crippen molar-refractivity contribution in [2.45, 2.75) is 10.3 Å². The van der Waals surface area contributed by atoms with Crippen molar-refractivity contribution >= 4 is 23.4 Å². The van der Waals surface area contributed by atoms with Crippen LogP contribution in [0, 0.1) is 11.3 Å². The first-order chi connectivity index (χ1) is 5.83. The summed E-state index contributed by atoms with van der Waals surface area (Å²) >= 11 is 7.18. The Hall–Kier alpha value is -0.720. The number of halogens is 1. The molecule has 2 nitrogen and oxygen atoms in total. The molecule has 0 amide bonds. The molecule has 0 fully saturated rings. The van der Waals surface area contributed by atoms with Crippen LogP contribution in [0.5, 0.6) is 0 Å². The fourth-order valence-electron chi connectivity index (χ4n) is 0.641. The number of thioether (sulfide) groups is 1. The van der Waals surface area contributed by atoms with E-state index in [1.165, 1.54) is 0 Å². The summed E-state index contributed by atoms with van der Waals surface area (Å²) in [4.78, 5) is 4.97. The minimum atomic E-state index is -0.414. The van der Waals surface area contributed by atoms with E-state index in [1.807, 2.05) is 18.2 Å². The Morgan fingerprint density at radius 3 is 2.83 bits per heavy atom. The second-order valence-corrected chi connectivity index (χ2v) is 3.71. The van der Waals surface area contributed by atoms with Gasteiger partial charge in [-0.1, -0.05) is 0 Å². The Labute approximate surface area is 80.6 Å². The molecule has 0 spiro atoms. The van der Waals surface area contributed by atoms with E-state index >= 15 is 0 Å². The maximum Gasteiger partial charge on any atom is 0.129 e. The third-order valence-corrected chi connectivity index (χ3v) is 2.73. The van der Waals surface area contributed by atoms with Gasteiger partial charge >= 0.3 is 0 Å². The first kappa shape index (κ1) is 9.37. The van der Waals surface area contributed by atoms with E-state index in [-0.39, 0.29) is 0 Å². The summed E-state index contributed by atoms with van der Waals surface area (Å²) in [7, 11) is 0. The molecule has 0 saturated carbocycles. The van der Waals surface area contributed by atoms with Gasteiger partial charge in [0.15, 0.2) is 0 Å². The molecular weight excluding hydrogens is 192 g/mol. The van der Waals surface area contributed by atoms with Crippen molar-refractivity contribution in [3.05, 3.63) is 24.5 Å². The van der Waals surface area contributed by atoms with Crippen LogP contribution in [-0.2, 0) is 0 Å². The highest BCUT2D eigenvalue weighted by molar-refractivity contribution is 7.99. The molecular formula is C8H7ClN2S. The van der Waals surface area contributed by atoms with Crippen LogP contribution in [0.25, 0.3) is 0 Å². The molecule has 0 saturated heterocycles. The van der Waals surface area contributed by atoms with Gasteiger partial charge in [0.25, 0.3) is 0 Å². The zero-order valence-corrected chi connectivity index (χ0v) is 7.85. The topological polar surface area (TPSA) is 36.7 Å². The predicted molar refractivity (Wildman–Crippen MR) is 50.2 cm³/mol. The van der Waals surface area contributed by atoms with Crippen molar-refractivity contribution in [2.24, 2.45) is 0 Å².